The maximum absolute atomic E-state index is 13.6. The highest BCUT2D eigenvalue weighted by molar-refractivity contribution is 5.96. The van der Waals surface area contributed by atoms with Gasteiger partial charge < -0.3 is 5.73 Å². The minimum absolute atomic E-state index is 0.155. The lowest BCUT2D eigenvalue weighted by molar-refractivity contribution is 0.0969. The molecule has 0 aliphatic carbocycles. The van der Waals surface area contributed by atoms with Gasteiger partial charge in [0.2, 0.25) is 0 Å². The molecule has 4 heteroatoms. The maximum Gasteiger partial charge on any atom is 0.169 e. The molecule has 0 aliphatic heterocycles. The van der Waals surface area contributed by atoms with Crippen LogP contribution in [0.15, 0.2) is 12.1 Å². The van der Waals surface area contributed by atoms with Crippen molar-refractivity contribution in [1.29, 1.82) is 0 Å². The lowest BCUT2D eigenvalue weighted by Gasteiger charge is -2.09. The fourth-order valence-electron chi connectivity index (χ4n) is 1.80. The van der Waals surface area contributed by atoms with E-state index in [1.54, 1.807) is 0 Å². The van der Waals surface area contributed by atoms with E-state index in [9.17, 15) is 13.6 Å². The zero-order valence-corrected chi connectivity index (χ0v) is 10.8. The minimum atomic E-state index is -1.04. The number of aryl methyl sites for hydroxylation is 1. The Labute approximate surface area is 106 Å². The van der Waals surface area contributed by atoms with Crippen LogP contribution in [0.4, 0.5) is 8.78 Å². The molecule has 18 heavy (non-hydrogen) atoms. The van der Waals surface area contributed by atoms with Crippen LogP contribution in [0.1, 0.15) is 42.1 Å². The van der Waals surface area contributed by atoms with Crippen molar-refractivity contribution in [2.75, 3.05) is 6.54 Å². The van der Waals surface area contributed by atoms with Crippen LogP contribution in [0.5, 0.6) is 0 Å². The predicted octanol–water partition coefficient (Wildman–Crippen LogP) is 3.22. The Morgan fingerprint density at radius 1 is 1.28 bits per heavy atom. The van der Waals surface area contributed by atoms with Crippen molar-refractivity contribution < 1.29 is 13.6 Å². The van der Waals surface area contributed by atoms with E-state index in [2.05, 4.69) is 0 Å². The molecular weight excluding hydrogens is 236 g/mol. The first-order valence-corrected chi connectivity index (χ1v) is 6.15. The molecule has 2 N–H and O–H groups in total. The largest absolute Gasteiger partial charge is 0.330 e. The number of benzene rings is 1. The molecule has 1 aromatic rings. The van der Waals surface area contributed by atoms with E-state index in [0.29, 0.717) is 18.9 Å². The van der Waals surface area contributed by atoms with Crippen LogP contribution in [-0.2, 0) is 0 Å². The highest BCUT2D eigenvalue weighted by Gasteiger charge is 2.17. The number of ketones is 1. The van der Waals surface area contributed by atoms with E-state index in [1.807, 2.05) is 6.92 Å². The van der Waals surface area contributed by atoms with E-state index in [1.165, 1.54) is 19.1 Å². The van der Waals surface area contributed by atoms with Crippen molar-refractivity contribution in [2.45, 2.75) is 33.1 Å². The average molecular weight is 255 g/mol. The third-order valence-electron chi connectivity index (χ3n) is 3.10. The van der Waals surface area contributed by atoms with E-state index in [-0.39, 0.29) is 23.3 Å². The van der Waals surface area contributed by atoms with Crippen LogP contribution in [0, 0.1) is 24.5 Å². The van der Waals surface area contributed by atoms with Crippen molar-refractivity contribution in [3.8, 4) is 0 Å². The molecule has 0 saturated heterocycles. The Balaban J connectivity index is 2.71. The molecule has 1 atom stereocenters. The molecule has 0 aliphatic rings. The number of rotatable bonds is 6. The van der Waals surface area contributed by atoms with Gasteiger partial charge in [0.25, 0.3) is 0 Å². The fourth-order valence-corrected chi connectivity index (χ4v) is 1.80. The Kier molecular flexibility index (Phi) is 5.41. The number of halogens is 2. The van der Waals surface area contributed by atoms with Crippen molar-refractivity contribution >= 4 is 5.78 Å². The summed E-state index contributed by atoms with van der Waals surface area (Å²) in [6.07, 6.45) is 1.70. The number of hydrogen-bond donors (Lipinski definition) is 1. The van der Waals surface area contributed by atoms with E-state index in [4.69, 9.17) is 5.73 Å². The van der Waals surface area contributed by atoms with Gasteiger partial charge in [-0.25, -0.2) is 8.78 Å². The molecule has 0 heterocycles. The molecule has 0 spiro atoms. The molecule has 0 aromatic heterocycles. The summed E-state index contributed by atoms with van der Waals surface area (Å²) < 4.78 is 26.9. The highest BCUT2D eigenvalue weighted by Crippen LogP contribution is 2.19. The molecule has 2 nitrogen and oxygen atoms in total. The van der Waals surface area contributed by atoms with Gasteiger partial charge in [-0.3, -0.25) is 4.79 Å². The summed E-state index contributed by atoms with van der Waals surface area (Å²) in [5, 5.41) is 0. The zero-order valence-electron chi connectivity index (χ0n) is 10.8. The Hall–Kier alpha value is -1.29. The van der Waals surface area contributed by atoms with Crippen molar-refractivity contribution in [2.24, 2.45) is 11.7 Å². The molecular formula is C14H19F2NO. The molecule has 1 aromatic carbocycles. The topological polar surface area (TPSA) is 43.1 Å². The second kappa shape index (κ2) is 6.59. The Bertz CT molecular complexity index is 432. The second-order valence-electron chi connectivity index (χ2n) is 4.70. The van der Waals surface area contributed by atoms with Gasteiger partial charge in [-0.15, -0.1) is 0 Å². The summed E-state index contributed by atoms with van der Waals surface area (Å²) in [4.78, 5) is 11.8. The third-order valence-corrected chi connectivity index (χ3v) is 3.10. The van der Waals surface area contributed by atoms with Crippen LogP contribution in [0.2, 0.25) is 0 Å². The first-order chi connectivity index (χ1) is 8.47. The first-order valence-electron chi connectivity index (χ1n) is 6.15. The van der Waals surface area contributed by atoms with Gasteiger partial charge in [-0.2, -0.15) is 0 Å². The Morgan fingerprint density at radius 3 is 2.56 bits per heavy atom. The summed E-state index contributed by atoms with van der Waals surface area (Å²) in [6.45, 7) is 4.03. The maximum atomic E-state index is 13.6. The minimum Gasteiger partial charge on any atom is -0.330 e. The van der Waals surface area contributed by atoms with Crippen LogP contribution in [-0.4, -0.2) is 12.3 Å². The van der Waals surface area contributed by atoms with Crippen LogP contribution in [0.25, 0.3) is 0 Å². The predicted molar refractivity (Wildman–Crippen MR) is 67.5 cm³/mol. The lowest BCUT2D eigenvalue weighted by atomic mass is 9.97. The Morgan fingerprint density at radius 2 is 1.94 bits per heavy atom. The quantitative estimate of drug-likeness (QED) is 0.793. The molecule has 0 radical (unpaired) electrons. The standard InChI is InChI=1S/C14H19F2NO/c1-9(7-8-17)3-6-12(18)11-5-4-10(2)13(15)14(11)16/h4-5,9H,3,6-8,17H2,1-2H3. The normalized spacial score (nSPS) is 12.5. The smallest absolute Gasteiger partial charge is 0.169 e. The second-order valence-corrected chi connectivity index (χ2v) is 4.70. The van der Waals surface area contributed by atoms with Crippen LogP contribution < -0.4 is 5.73 Å². The lowest BCUT2D eigenvalue weighted by Crippen LogP contribution is -2.10. The number of carbonyl (C=O) groups is 1. The third kappa shape index (κ3) is 3.60. The van der Waals surface area contributed by atoms with Gasteiger partial charge in [0.05, 0.1) is 5.56 Å². The molecule has 1 rings (SSSR count). The van der Waals surface area contributed by atoms with E-state index < -0.39 is 11.6 Å². The first kappa shape index (κ1) is 14.8. The van der Waals surface area contributed by atoms with Crippen LogP contribution in [0.3, 0.4) is 0 Å². The number of Topliss-reactive ketones (excluding diaryl/α,β-unsaturated/α-hetero) is 1. The van der Waals surface area contributed by atoms with Crippen molar-refractivity contribution in [3.63, 3.8) is 0 Å². The van der Waals surface area contributed by atoms with Gasteiger partial charge in [-0.05, 0) is 43.9 Å². The molecule has 0 saturated carbocycles. The number of carbonyl (C=O) groups excluding carboxylic acids is 1. The summed E-state index contributed by atoms with van der Waals surface area (Å²) in [5.41, 5.74) is 5.47. The number of hydrogen-bond acceptors (Lipinski definition) is 2. The van der Waals surface area contributed by atoms with Gasteiger partial charge in [0.15, 0.2) is 17.4 Å². The van der Waals surface area contributed by atoms with Crippen molar-refractivity contribution in [1.82, 2.24) is 0 Å². The van der Waals surface area contributed by atoms with Crippen molar-refractivity contribution in [3.05, 3.63) is 34.9 Å². The molecule has 0 fully saturated rings. The summed E-state index contributed by atoms with van der Waals surface area (Å²) in [6, 6.07) is 2.78. The summed E-state index contributed by atoms with van der Waals surface area (Å²) in [5.74, 6) is -2.00. The van der Waals surface area contributed by atoms with Gasteiger partial charge in [0, 0.05) is 6.42 Å². The van der Waals surface area contributed by atoms with Gasteiger partial charge in [0.1, 0.15) is 0 Å². The van der Waals surface area contributed by atoms with Gasteiger partial charge >= 0.3 is 0 Å². The molecule has 0 bridgehead atoms. The monoisotopic (exact) mass is 255 g/mol. The zero-order chi connectivity index (χ0) is 13.7. The number of nitrogens with two attached hydrogens (primary N) is 1. The van der Waals surface area contributed by atoms with Crippen LogP contribution >= 0.6 is 0 Å². The highest BCUT2D eigenvalue weighted by atomic mass is 19.2. The molecule has 100 valence electrons. The van der Waals surface area contributed by atoms with Gasteiger partial charge in [-0.1, -0.05) is 13.0 Å². The average Bonchev–Trinajstić information content (AvgIpc) is 2.34. The molecule has 1 unspecified atom stereocenters. The summed E-state index contributed by atoms with van der Waals surface area (Å²) >= 11 is 0. The fraction of sp³-hybridized carbons (Fsp3) is 0.500. The van der Waals surface area contributed by atoms with E-state index in [0.717, 1.165) is 6.42 Å². The SMILES string of the molecule is Cc1ccc(C(=O)CCC(C)CCN)c(F)c1F. The summed E-state index contributed by atoms with van der Waals surface area (Å²) in [7, 11) is 0. The van der Waals surface area contributed by atoms with E-state index >= 15 is 0 Å². The molecule has 0 amide bonds.